The van der Waals surface area contributed by atoms with Crippen LogP contribution in [0, 0.1) is 0 Å². The molecule has 0 heterocycles. The summed E-state index contributed by atoms with van der Waals surface area (Å²) >= 11 is 0. The van der Waals surface area contributed by atoms with Gasteiger partial charge in [0.05, 0.1) is 18.2 Å². The summed E-state index contributed by atoms with van der Waals surface area (Å²) in [6.45, 7) is 16.5. The fraction of sp³-hybridized carbons (Fsp3) is 0.941. The molecule has 0 aromatic rings. The highest BCUT2D eigenvalue weighted by atomic mass is 28.4. The van der Waals surface area contributed by atoms with Gasteiger partial charge < -0.3 is 19.6 Å². The van der Waals surface area contributed by atoms with Crippen molar-refractivity contribution in [3.8, 4) is 0 Å². The molecule has 1 saturated carbocycles. The van der Waals surface area contributed by atoms with E-state index in [0.29, 0.717) is 19.3 Å². The first-order valence-electron chi connectivity index (χ1n) is 8.57. The van der Waals surface area contributed by atoms with Gasteiger partial charge in [-0.3, -0.25) is 0 Å². The molecule has 6 heteroatoms. The van der Waals surface area contributed by atoms with Crippen LogP contribution >= 0.6 is 0 Å². The number of ether oxygens (including phenoxy) is 1. The van der Waals surface area contributed by atoms with Gasteiger partial charge in [0.25, 0.3) is 0 Å². The minimum absolute atomic E-state index is 0.0892. The minimum Gasteiger partial charge on any atom is -0.444 e. The van der Waals surface area contributed by atoms with E-state index in [1.54, 1.807) is 0 Å². The van der Waals surface area contributed by atoms with Crippen LogP contribution in [-0.4, -0.2) is 43.4 Å². The van der Waals surface area contributed by atoms with Crippen molar-refractivity contribution in [2.45, 2.75) is 103 Å². The van der Waals surface area contributed by atoms with Crippen molar-refractivity contribution in [3.63, 3.8) is 0 Å². The van der Waals surface area contributed by atoms with Crippen molar-refractivity contribution in [1.82, 2.24) is 5.32 Å². The standard InChI is InChI=1S/C17H35NO4Si/c1-16(2,3)21-15(20)18-13-10-9-12(19)11-14(13)22-23(7,8)17(4,5)6/h12-14,19H,9-11H2,1-8H3,(H,18,20)/t12-,13+,14+/m0/s1. The average Bonchev–Trinajstić information content (AvgIpc) is 2.28. The molecule has 1 amide bonds. The summed E-state index contributed by atoms with van der Waals surface area (Å²) in [5.74, 6) is 0. The number of nitrogens with one attached hydrogen (secondary N) is 1. The van der Waals surface area contributed by atoms with Crippen LogP contribution in [0.2, 0.25) is 18.1 Å². The van der Waals surface area contributed by atoms with Gasteiger partial charge in [0.1, 0.15) is 5.60 Å². The minimum atomic E-state index is -1.96. The van der Waals surface area contributed by atoms with Crippen molar-refractivity contribution < 1.29 is 19.1 Å². The zero-order valence-corrected chi connectivity index (χ0v) is 17.0. The summed E-state index contributed by atoms with van der Waals surface area (Å²) in [5.41, 5.74) is -0.520. The van der Waals surface area contributed by atoms with E-state index in [1.807, 2.05) is 20.8 Å². The molecule has 1 aliphatic carbocycles. The predicted octanol–water partition coefficient (Wildman–Crippen LogP) is 3.81. The fourth-order valence-corrected chi connectivity index (χ4v) is 3.79. The lowest BCUT2D eigenvalue weighted by Crippen LogP contribution is -2.55. The van der Waals surface area contributed by atoms with E-state index in [1.165, 1.54) is 0 Å². The van der Waals surface area contributed by atoms with Gasteiger partial charge in [0.15, 0.2) is 8.32 Å². The van der Waals surface area contributed by atoms with Crippen molar-refractivity contribution in [2.75, 3.05) is 0 Å². The van der Waals surface area contributed by atoms with Gasteiger partial charge in [-0.15, -0.1) is 0 Å². The monoisotopic (exact) mass is 345 g/mol. The lowest BCUT2D eigenvalue weighted by Gasteiger charge is -2.44. The number of hydrogen-bond donors (Lipinski definition) is 2. The summed E-state index contributed by atoms with van der Waals surface area (Å²) in [7, 11) is -1.96. The second-order valence-electron chi connectivity index (χ2n) is 9.14. The first-order valence-corrected chi connectivity index (χ1v) is 11.5. The molecule has 2 N–H and O–H groups in total. The number of aliphatic hydroxyl groups is 1. The molecule has 1 rings (SSSR count). The summed E-state index contributed by atoms with van der Waals surface area (Å²) in [6, 6.07) is -0.109. The van der Waals surface area contributed by atoms with E-state index in [9.17, 15) is 9.90 Å². The highest BCUT2D eigenvalue weighted by Gasteiger charge is 2.42. The summed E-state index contributed by atoms with van der Waals surface area (Å²) in [6.07, 6.45) is 1.01. The Balaban J connectivity index is 2.78. The van der Waals surface area contributed by atoms with Crippen LogP contribution < -0.4 is 5.32 Å². The highest BCUT2D eigenvalue weighted by molar-refractivity contribution is 6.74. The normalized spacial score (nSPS) is 26.7. The Morgan fingerprint density at radius 2 is 1.70 bits per heavy atom. The summed E-state index contributed by atoms with van der Waals surface area (Å²) < 4.78 is 11.8. The molecule has 1 aliphatic rings. The van der Waals surface area contributed by atoms with Crippen molar-refractivity contribution >= 4 is 14.4 Å². The lowest BCUT2D eigenvalue weighted by molar-refractivity contribution is 0.0112. The Kier molecular flexibility index (Phi) is 6.32. The fourth-order valence-electron chi connectivity index (χ4n) is 2.42. The smallest absolute Gasteiger partial charge is 0.407 e. The molecule has 0 aromatic heterocycles. The highest BCUT2D eigenvalue weighted by Crippen LogP contribution is 2.39. The maximum absolute atomic E-state index is 12.1. The quantitative estimate of drug-likeness (QED) is 0.763. The van der Waals surface area contributed by atoms with Gasteiger partial charge in [-0.05, 0) is 51.7 Å². The van der Waals surface area contributed by atoms with Crippen molar-refractivity contribution in [2.24, 2.45) is 0 Å². The first-order chi connectivity index (χ1) is 10.2. The van der Waals surface area contributed by atoms with Gasteiger partial charge in [0, 0.05) is 6.42 Å². The molecule has 0 spiro atoms. The first kappa shape index (κ1) is 20.5. The molecule has 0 unspecified atom stereocenters. The molecule has 1 fully saturated rings. The molecular weight excluding hydrogens is 310 g/mol. The third-order valence-corrected chi connectivity index (χ3v) is 9.22. The SMILES string of the molecule is CC(C)(C)OC(=O)N[C@@H]1CC[C@H](O)C[C@H]1O[Si](C)(C)C(C)(C)C. The predicted molar refractivity (Wildman–Crippen MR) is 95.1 cm³/mol. The van der Waals surface area contributed by atoms with Crippen LogP contribution in [0.5, 0.6) is 0 Å². The second kappa shape index (κ2) is 7.11. The third-order valence-electron chi connectivity index (χ3n) is 4.72. The number of aliphatic hydroxyl groups excluding tert-OH is 1. The Bertz CT molecular complexity index is 412. The van der Waals surface area contributed by atoms with Crippen LogP contribution in [0.15, 0.2) is 0 Å². The van der Waals surface area contributed by atoms with Crippen LogP contribution in [-0.2, 0) is 9.16 Å². The second-order valence-corrected chi connectivity index (χ2v) is 13.9. The Hall–Kier alpha value is -0.593. The molecule has 0 bridgehead atoms. The van der Waals surface area contributed by atoms with Gasteiger partial charge >= 0.3 is 6.09 Å². The van der Waals surface area contributed by atoms with Crippen LogP contribution in [0.25, 0.3) is 0 Å². The molecule has 5 nitrogen and oxygen atoms in total. The summed E-state index contributed by atoms with van der Waals surface area (Å²) in [5, 5.41) is 13.0. The Labute approximate surface area is 142 Å². The molecule has 0 radical (unpaired) electrons. The van der Waals surface area contributed by atoms with Gasteiger partial charge in [0.2, 0.25) is 0 Å². The van der Waals surface area contributed by atoms with Crippen LogP contribution in [0.4, 0.5) is 4.79 Å². The number of alkyl carbamates (subject to hydrolysis) is 1. The third kappa shape index (κ3) is 6.43. The van der Waals surface area contributed by atoms with E-state index >= 15 is 0 Å². The van der Waals surface area contributed by atoms with E-state index in [4.69, 9.17) is 9.16 Å². The molecule has 136 valence electrons. The maximum Gasteiger partial charge on any atom is 0.407 e. The average molecular weight is 346 g/mol. The molecule has 23 heavy (non-hydrogen) atoms. The number of carbonyl (C=O) groups excluding carboxylic acids is 1. The molecular formula is C17H35NO4Si. The molecule has 0 aliphatic heterocycles. The van der Waals surface area contributed by atoms with E-state index in [0.717, 1.165) is 0 Å². The molecule has 3 atom stereocenters. The van der Waals surface area contributed by atoms with Crippen LogP contribution in [0.3, 0.4) is 0 Å². The van der Waals surface area contributed by atoms with Gasteiger partial charge in [-0.1, -0.05) is 20.8 Å². The number of hydrogen-bond acceptors (Lipinski definition) is 4. The zero-order chi connectivity index (χ0) is 18.1. The van der Waals surface area contributed by atoms with Gasteiger partial charge in [-0.25, -0.2) is 4.79 Å². The summed E-state index contributed by atoms with van der Waals surface area (Å²) in [4.78, 5) is 12.1. The van der Waals surface area contributed by atoms with Gasteiger partial charge in [-0.2, -0.15) is 0 Å². The Morgan fingerprint density at radius 1 is 1.13 bits per heavy atom. The Morgan fingerprint density at radius 3 is 2.17 bits per heavy atom. The van der Waals surface area contributed by atoms with Crippen LogP contribution in [0.1, 0.15) is 60.8 Å². The maximum atomic E-state index is 12.1. The topological polar surface area (TPSA) is 67.8 Å². The molecule has 0 aromatic carbocycles. The number of carbonyl (C=O) groups is 1. The zero-order valence-electron chi connectivity index (χ0n) is 16.0. The van der Waals surface area contributed by atoms with E-state index in [-0.39, 0.29) is 23.3 Å². The number of rotatable bonds is 3. The lowest BCUT2D eigenvalue weighted by atomic mass is 9.90. The van der Waals surface area contributed by atoms with E-state index < -0.39 is 20.0 Å². The van der Waals surface area contributed by atoms with Crippen molar-refractivity contribution in [3.05, 3.63) is 0 Å². The van der Waals surface area contributed by atoms with E-state index in [2.05, 4.69) is 39.2 Å². The largest absolute Gasteiger partial charge is 0.444 e. The molecule has 0 saturated heterocycles. The number of amides is 1. The van der Waals surface area contributed by atoms with Crippen molar-refractivity contribution in [1.29, 1.82) is 0 Å².